The number of hydrogen-bond donors (Lipinski definition) is 1. The molecule has 0 radical (unpaired) electrons. The highest BCUT2D eigenvalue weighted by molar-refractivity contribution is 5.80. The Morgan fingerprint density at radius 3 is 2.45 bits per heavy atom. The van der Waals surface area contributed by atoms with E-state index in [2.05, 4.69) is 0 Å². The van der Waals surface area contributed by atoms with Crippen LogP contribution >= 0.6 is 0 Å². The van der Waals surface area contributed by atoms with Crippen molar-refractivity contribution in [3.05, 3.63) is 64.3 Å². The van der Waals surface area contributed by atoms with Gasteiger partial charge >= 0.3 is 0 Å². The predicted molar refractivity (Wildman–Crippen MR) is 69.5 cm³/mol. The van der Waals surface area contributed by atoms with Gasteiger partial charge in [-0.25, -0.2) is 4.39 Å². The molecule has 100 valence electrons. The van der Waals surface area contributed by atoms with Crippen LogP contribution in [0.5, 0.6) is 5.75 Å². The maximum atomic E-state index is 13.8. The molecule has 3 rings (SSSR count). The van der Waals surface area contributed by atoms with Crippen LogP contribution in [0.25, 0.3) is 22.3 Å². The molecule has 1 N–H and O–H groups in total. The Hall–Kier alpha value is -2.69. The van der Waals surface area contributed by atoms with Crippen LogP contribution in [0, 0.1) is 11.6 Å². The van der Waals surface area contributed by atoms with Gasteiger partial charge in [0.05, 0.1) is 5.39 Å². The average molecular weight is 274 g/mol. The molecule has 0 fully saturated rings. The first-order valence-corrected chi connectivity index (χ1v) is 5.78. The lowest BCUT2D eigenvalue weighted by Gasteiger charge is -2.05. The van der Waals surface area contributed by atoms with Crippen molar-refractivity contribution < 1.29 is 18.3 Å². The summed E-state index contributed by atoms with van der Waals surface area (Å²) in [6, 6.07) is 10.5. The van der Waals surface area contributed by atoms with E-state index in [1.165, 1.54) is 0 Å². The van der Waals surface area contributed by atoms with Crippen LogP contribution in [0.1, 0.15) is 0 Å². The van der Waals surface area contributed by atoms with E-state index in [0.717, 1.165) is 12.1 Å². The second-order valence-corrected chi connectivity index (χ2v) is 4.24. The SMILES string of the molecule is O=c1cc(-c2ccccc2)oc2c(F)c(O)c(F)cc12. The number of phenols is 1. The van der Waals surface area contributed by atoms with Crippen molar-refractivity contribution in [2.24, 2.45) is 0 Å². The van der Waals surface area contributed by atoms with E-state index in [9.17, 15) is 18.7 Å². The first kappa shape index (κ1) is 12.3. The Labute approximate surface area is 111 Å². The van der Waals surface area contributed by atoms with Crippen molar-refractivity contribution in [2.45, 2.75) is 0 Å². The summed E-state index contributed by atoms with van der Waals surface area (Å²) >= 11 is 0. The lowest BCUT2D eigenvalue weighted by atomic mass is 10.1. The molecule has 0 saturated heterocycles. The van der Waals surface area contributed by atoms with Crippen LogP contribution in [0.4, 0.5) is 8.78 Å². The smallest absolute Gasteiger partial charge is 0.211 e. The molecule has 0 amide bonds. The van der Waals surface area contributed by atoms with Crippen LogP contribution in [0.3, 0.4) is 0 Å². The third kappa shape index (κ3) is 1.84. The van der Waals surface area contributed by atoms with Crippen LogP contribution in [-0.2, 0) is 0 Å². The molecule has 3 aromatic rings. The van der Waals surface area contributed by atoms with E-state index >= 15 is 0 Å². The largest absolute Gasteiger partial charge is 0.503 e. The molecular formula is C15H8F2O3. The molecule has 0 atom stereocenters. The molecule has 0 aliphatic heterocycles. The summed E-state index contributed by atoms with van der Waals surface area (Å²) in [6.45, 7) is 0. The molecule has 3 nitrogen and oxygen atoms in total. The lowest BCUT2D eigenvalue weighted by Crippen LogP contribution is -2.02. The van der Waals surface area contributed by atoms with Crippen molar-refractivity contribution in [2.75, 3.05) is 0 Å². The summed E-state index contributed by atoms with van der Waals surface area (Å²) in [7, 11) is 0. The number of halogens is 2. The van der Waals surface area contributed by atoms with E-state index in [-0.39, 0.29) is 11.1 Å². The molecule has 0 aliphatic carbocycles. The summed E-state index contributed by atoms with van der Waals surface area (Å²) < 4.78 is 32.3. The van der Waals surface area contributed by atoms with Gasteiger partial charge in [0.2, 0.25) is 5.82 Å². The highest BCUT2D eigenvalue weighted by Crippen LogP contribution is 2.29. The minimum absolute atomic E-state index is 0.146. The van der Waals surface area contributed by atoms with Crippen LogP contribution in [0.15, 0.2) is 51.7 Å². The molecule has 0 saturated carbocycles. The zero-order chi connectivity index (χ0) is 14.3. The van der Waals surface area contributed by atoms with E-state index in [1.807, 2.05) is 0 Å². The third-order valence-corrected chi connectivity index (χ3v) is 2.95. The first-order chi connectivity index (χ1) is 9.58. The van der Waals surface area contributed by atoms with E-state index in [1.54, 1.807) is 30.3 Å². The molecule has 1 heterocycles. The number of fused-ring (bicyclic) bond motifs is 1. The van der Waals surface area contributed by atoms with Crippen LogP contribution < -0.4 is 5.43 Å². The minimum atomic E-state index is -1.28. The Morgan fingerprint density at radius 2 is 1.75 bits per heavy atom. The second kappa shape index (κ2) is 4.45. The molecule has 2 aromatic carbocycles. The zero-order valence-corrected chi connectivity index (χ0v) is 10.1. The van der Waals surface area contributed by atoms with Gasteiger partial charge < -0.3 is 9.52 Å². The topological polar surface area (TPSA) is 50.4 Å². The zero-order valence-electron chi connectivity index (χ0n) is 10.1. The van der Waals surface area contributed by atoms with Crippen molar-refractivity contribution in [1.29, 1.82) is 0 Å². The molecule has 1 aromatic heterocycles. The van der Waals surface area contributed by atoms with Gasteiger partial charge in [-0.1, -0.05) is 30.3 Å². The summed E-state index contributed by atoms with van der Waals surface area (Å²) in [5.74, 6) is -3.50. The van der Waals surface area contributed by atoms with Gasteiger partial charge in [0.15, 0.2) is 22.6 Å². The van der Waals surface area contributed by atoms with Gasteiger partial charge in [-0.05, 0) is 6.07 Å². The number of benzene rings is 2. The minimum Gasteiger partial charge on any atom is -0.503 e. The van der Waals surface area contributed by atoms with Gasteiger partial charge in [0.25, 0.3) is 0 Å². The molecule has 20 heavy (non-hydrogen) atoms. The Bertz CT molecular complexity index is 854. The number of aromatic hydroxyl groups is 1. The van der Waals surface area contributed by atoms with Gasteiger partial charge in [-0.15, -0.1) is 0 Å². The number of rotatable bonds is 1. The first-order valence-electron chi connectivity index (χ1n) is 5.78. The Kier molecular flexibility index (Phi) is 2.75. The van der Waals surface area contributed by atoms with E-state index in [0.29, 0.717) is 5.56 Å². The molecule has 0 spiro atoms. The maximum absolute atomic E-state index is 13.8. The molecule has 0 bridgehead atoms. The number of phenolic OH excluding ortho intramolecular Hbond substituents is 1. The predicted octanol–water partition coefficient (Wildman–Crippen LogP) is 3.44. The van der Waals surface area contributed by atoms with Crippen molar-refractivity contribution in [3.63, 3.8) is 0 Å². The van der Waals surface area contributed by atoms with Crippen molar-refractivity contribution >= 4 is 11.0 Å². The maximum Gasteiger partial charge on any atom is 0.211 e. The van der Waals surface area contributed by atoms with Crippen LogP contribution in [-0.4, -0.2) is 5.11 Å². The number of hydrogen-bond acceptors (Lipinski definition) is 3. The summed E-state index contributed by atoms with van der Waals surface area (Å²) in [6.07, 6.45) is 0. The molecule has 5 heteroatoms. The van der Waals surface area contributed by atoms with Crippen LogP contribution in [0.2, 0.25) is 0 Å². The highest BCUT2D eigenvalue weighted by Gasteiger charge is 2.18. The molecular weight excluding hydrogens is 266 g/mol. The fourth-order valence-corrected chi connectivity index (χ4v) is 1.95. The lowest BCUT2D eigenvalue weighted by molar-refractivity contribution is 0.394. The summed E-state index contributed by atoms with van der Waals surface area (Å²) in [5, 5.41) is 8.99. The standard InChI is InChI=1S/C15H8F2O3/c16-10-6-9-11(18)7-12(8-4-2-1-3-5-8)20-15(9)13(17)14(10)19/h1-7,19H. The third-order valence-electron chi connectivity index (χ3n) is 2.95. The average Bonchev–Trinajstić information content (AvgIpc) is 2.47. The van der Waals surface area contributed by atoms with Gasteiger partial charge in [0, 0.05) is 11.6 Å². The monoisotopic (exact) mass is 274 g/mol. The molecule has 0 unspecified atom stereocenters. The highest BCUT2D eigenvalue weighted by atomic mass is 19.1. The fourth-order valence-electron chi connectivity index (χ4n) is 1.95. The summed E-state index contributed by atoms with van der Waals surface area (Å²) in [5.41, 5.74) is -0.465. The van der Waals surface area contributed by atoms with Gasteiger partial charge in [-0.2, -0.15) is 4.39 Å². The Morgan fingerprint density at radius 1 is 1.05 bits per heavy atom. The summed E-state index contributed by atoms with van der Waals surface area (Å²) in [4.78, 5) is 11.9. The Balaban J connectivity index is 2.38. The van der Waals surface area contributed by atoms with E-state index in [4.69, 9.17) is 4.42 Å². The quantitative estimate of drug-likeness (QED) is 0.739. The van der Waals surface area contributed by atoms with Crippen molar-refractivity contribution in [3.8, 4) is 17.1 Å². The molecule has 0 aliphatic rings. The normalized spacial score (nSPS) is 10.9. The van der Waals surface area contributed by atoms with E-state index < -0.39 is 28.4 Å². The van der Waals surface area contributed by atoms with Gasteiger partial charge in [-0.3, -0.25) is 4.79 Å². The van der Waals surface area contributed by atoms with Gasteiger partial charge in [0.1, 0.15) is 5.76 Å². The second-order valence-electron chi connectivity index (χ2n) is 4.24. The fraction of sp³-hybridized carbons (Fsp3) is 0. The van der Waals surface area contributed by atoms with Crippen molar-refractivity contribution in [1.82, 2.24) is 0 Å².